The molecule has 0 aromatic heterocycles. The summed E-state index contributed by atoms with van der Waals surface area (Å²) in [6, 6.07) is 6.13. The van der Waals surface area contributed by atoms with Gasteiger partial charge in [0.2, 0.25) is 0 Å². The minimum atomic E-state index is 0.216. The molecule has 0 bridgehead atoms. The van der Waals surface area contributed by atoms with Gasteiger partial charge in [0.1, 0.15) is 5.75 Å². The molecule has 0 amide bonds. The molecule has 1 aromatic rings. The van der Waals surface area contributed by atoms with Gasteiger partial charge in [-0.25, -0.2) is 0 Å². The Balaban J connectivity index is 2.95. The minimum Gasteiger partial charge on any atom is -0.491 e. The van der Waals surface area contributed by atoms with E-state index in [2.05, 4.69) is 13.0 Å². The van der Waals surface area contributed by atoms with E-state index in [9.17, 15) is 0 Å². The highest BCUT2D eigenvalue weighted by molar-refractivity contribution is 5.39. The van der Waals surface area contributed by atoms with Crippen LogP contribution >= 0.6 is 0 Å². The fraction of sp³-hybridized carbons (Fsp3) is 0.500. The molecule has 0 aliphatic carbocycles. The van der Waals surface area contributed by atoms with E-state index in [0.29, 0.717) is 6.54 Å². The molecule has 0 saturated carbocycles. The van der Waals surface area contributed by atoms with Crippen molar-refractivity contribution in [1.29, 1.82) is 0 Å². The van der Waals surface area contributed by atoms with Gasteiger partial charge in [-0.15, -0.1) is 0 Å². The van der Waals surface area contributed by atoms with Gasteiger partial charge in [0.25, 0.3) is 0 Å². The maximum Gasteiger partial charge on any atom is 0.123 e. The minimum absolute atomic E-state index is 0.216. The Morgan fingerprint density at radius 1 is 1.36 bits per heavy atom. The van der Waals surface area contributed by atoms with E-state index in [1.807, 2.05) is 26.0 Å². The van der Waals surface area contributed by atoms with E-state index in [1.165, 1.54) is 11.1 Å². The van der Waals surface area contributed by atoms with E-state index in [4.69, 9.17) is 10.5 Å². The van der Waals surface area contributed by atoms with Crippen molar-refractivity contribution >= 4 is 0 Å². The van der Waals surface area contributed by atoms with Crippen LogP contribution in [-0.4, -0.2) is 12.6 Å². The van der Waals surface area contributed by atoms with Crippen LogP contribution in [0.4, 0.5) is 0 Å². The number of ether oxygens (including phenoxy) is 1. The Morgan fingerprint density at radius 2 is 2.07 bits per heavy atom. The standard InChI is InChI=1S/C12H19NO/c1-9(2)14-12-6-4-5-10(3)11(12)7-8-13/h4-6,9H,7-8,13H2,1-3H3. The van der Waals surface area contributed by atoms with E-state index in [-0.39, 0.29) is 6.10 Å². The summed E-state index contributed by atoms with van der Waals surface area (Å²) < 4.78 is 5.72. The molecule has 14 heavy (non-hydrogen) atoms. The molecule has 0 aliphatic rings. The van der Waals surface area contributed by atoms with Crippen molar-refractivity contribution in [2.45, 2.75) is 33.3 Å². The molecule has 1 aromatic carbocycles. The zero-order valence-corrected chi connectivity index (χ0v) is 9.21. The van der Waals surface area contributed by atoms with Crippen molar-refractivity contribution in [3.8, 4) is 5.75 Å². The Kier molecular flexibility index (Phi) is 3.96. The van der Waals surface area contributed by atoms with E-state index in [0.717, 1.165) is 12.2 Å². The van der Waals surface area contributed by atoms with Crippen molar-refractivity contribution < 1.29 is 4.74 Å². The molecule has 0 radical (unpaired) electrons. The summed E-state index contributed by atoms with van der Waals surface area (Å²) in [6.07, 6.45) is 1.10. The molecular formula is C12H19NO. The largest absolute Gasteiger partial charge is 0.491 e. The second-order valence-corrected chi connectivity index (χ2v) is 3.76. The highest BCUT2D eigenvalue weighted by atomic mass is 16.5. The van der Waals surface area contributed by atoms with Crippen molar-refractivity contribution in [2.24, 2.45) is 5.73 Å². The first-order valence-corrected chi connectivity index (χ1v) is 5.10. The van der Waals surface area contributed by atoms with Gasteiger partial charge in [-0.05, 0) is 50.9 Å². The third-order valence-corrected chi connectivity index (χ3v) is 2.12. The maximum absolute atomic E-state index is 5.72. The van der Waals surface area contributed by atoms with Crippen LogP contribution in [0.3, 0.4) is 0 Å². The van der Waals surface area contributed by atoms with Gasteiger partial charge in [0, 0.05) is 0 Å². The molecule has 0 heterocycles. The van der Waals surface area contributed by atoms with Gasteiger partial charge in [0.15, 0.2) is 0 Å². The third kappa shape index (κ3) is 2.74. The van der Waals surface area contributed by atoms with Crippen LogP contribution in [0.5, 0.6) is 5.75 Å². The van der Waals surface area contributed by atoms with Crippen molar-refractivity contribution in [3.63, 3.8) is 0 Å². The first-order chi connectivity index (χ1) is 6.65. The maximum atomic E-state index is 5.72. The van der Waals surface area contributed by atoms with Crippen LogP contribution in [0.25, 0.3) is 0 Å². The predicted octanol–water partition coefficient (Wildman–Crippen LogP) is 2.28. The van der Waals surface area contributed by atoms with Gasteiger partial charge >= 0.3 is 0 Å². The smallest absolute Gasteiger partial charge is 0.123 e. The lowest BCUT2D eigenvalue weighted by Crippen LogP contribution is -2.11. The Hall–Kier alpha value is -1.02. The molecular weight excluding hydrogens is 174 g/mol. The number of hydrogen-bond donors (Lipinski definition) is 1. The number of benzene rings is 1. The first-order valence-electron chi connectivity index (χ1n) is 5.10. The normalized spacial score (nSPS) is 10.6. The summed E-state index contributed by atoms with van der Waals surface area (Å²) in [5.74, 6) is 0.977. The first kappa shape index (κ1) is 11.1. The summed E-state index contributed by atoms with van der Waals surface area (Å²) in [4.78, 5) is 0. The molecule has 0 fully saturated rings. The molecule has 2 N–H and O–H groups in total. The lowest BCUT2D eigenvalue weighted by atomic mass is 10.0. The van der Waals surface area contributed by atoms with Crippen LogP contribution in [0.2, 0.25) is 0 Å². The highest BCUT2D eigenvalue weighted by Gasteiger charge is 2.06. The lowest BCUT2D eigenvalue weighted by Gasteiger charge is -2.15. The SMILES string of the molecule is Cc1cccc(OC(C)C)c1CCN. The van der Waals surface area contributed by atoms with Crippen molar-refractivity contribution in [3.05, 3.63) is 29.3 Å². The van der Waals surface area contributed by atoms with Crippen LogP contribution in [0.15, 0.2) is 18.2 Å². The monoisotopic (exact) mass is 193 g/mol. The third-order valence-electron chi connectivity index (χ3n) is 2.12. The predicted molar refractivity (Wildman–Crippen MR) is 59.7 cm³/mol. The van der Waals surface area contributed by atoms with E-state index in [1.54, 1.807) is 0 Å². The Labute approximate surface area is 86.1 Å². The zero-order valence-electron chi connectivity index (χ0n) is 9.21. The Morgan fingerprint density at radius 3 is 2.64 bits per heavy atom. The number of rotatable bonds is 4. The molecule has 0 saturated heterocycles. The molecule has 2 nitrogen and oxygen atoms in total. The molecule has 1 rings (SSSR count). The average molecular weight is 193 g/mol. The van der Waals surface area contributed by atoms with Gasteiger partial charge in [-0.3, -0.25) is 0 Å². The van der Waals surface area contributed by atoms with Gasteiger partial charge in [-0.1, -0.05) is 12.1 Å². The molecule has 78 valence electrons. The fourth-order valence-corrected chi connectivity index (χ4v) is 1.50. The molecule has 0 aliphatic heterocycles. The molecule has 2 heteroatoms. The van der Waals surface area contributed by atoms with Crippen molar-refractivity contribution in [2.75, 3.05) is 6.54 Å². The summed E-state index contributed by atoms with van der Waals surface area (Å²) in [6.45, 7) is 6.83. The second-order valence-electron chi connectivity index (χ2n) is 3.76. The van der Waals surface area contributed by atoms with Gasteiger partial charge in [0.05, 0.1) is 6.10 Å². The van der Waals surface area contributed by atoms with Crippen LogP contribution in [0.1, 0.15) is 25.0 Å². The topological polar surface area (TPSA) is 35.2 Å². The lowest BCUT2D eigenvalue weighted by molar-refractivity contribution is 0.240. The van der Waals surface area contributed by atoms with Gasteiger partial charge < -0.3 is 10.5 Å². The van der Waals surface area contributed by atoms with Crippen LogP contribution < -0.4 is 10.5 Å². The fourth-order valence-electron chi connectivity index (χ4n) is 1.50. The summed E-state index contributed by atoms with van der Waals surface area (Å²) >= 11 is 0. The summed E-state index contributed by atoms with van der Waals surface area (Å²) in [5.41, 5.74) is 8.07. The molecule has 0 atom stereocenters. The summed E-state index contributed by atoms with van der Waals surface area (Å²) in [7, 11) is 0. The number of aryl methyl sites for hydroxylation is 1. The Bertz CT molecular complexity index is 294. The van der Waals surface area contributed by atoms with Crippen molar-refractivity contribution in [1.82, 2.24) is 0 Å². The van der Waals surface area contributed by atoms with Crippen LogP contribution in [0, 0.1) is 6.92 Å². The molecule has 0 unspecified atom stereocenters. The second kappa shape index (κ2) is 5.01. The zero-order chi connectivity index (χ0) is 10.6. The van der Waals surface area contributed by atoms with Gasteiger partial charge in [-0.2, -0.15) is 0 Å². The van der Waals surface area contributed by atoms with Crippen LogP contribution in [-0.2, 0) is 6.42 Å². The molecule has 0 spiro atoms. The van der Waals surface area contributed by atoms with E-state index >= 15 is 0 Å². The number of nitrogens with two attached hydrogens (primary N) is 1. The average Bonchev–Trinajstić information content (AvgIpc) is 2.10. The number of hydrogen-bond acceptors (Lipinski definition) is 2. The van der Waals surface area contributed by atoms with E-state index < -0.39 is 0 Å². The highest BCUT2D eigenvalue weighted by Crippen LogP contribution is 2.23. The quantitative estimate of drug-likeness (QED) is 0.796. The summed E-state index contributed by atoms with van der Waals surface area (Å²) in [5, 5.41) is 0.